The standard InChI is InChI=1S/C46H36N2/c1-5-13-37(14-6-1)21-23-39-25-29-43(30-26-39)47(41-17-9-3-10-18-41)45-33-35-46(36-34-45)48(42-19-11-4-12-20-42)44-31-27-40(28-32-44)24-22-38-15-7-2-8-16-38/h1-36H/b23-21-,24-22?. The molecular weight excluding hydrogens is 581 g/mol. The van der Waals surface area contributed by atoms with Gasteiger partial charge in [-0.05, 0) is 95.1 Å². The van der Waals surface area contributed by atoms with Crippen molar-refractivity contribution in [2.45, 2.75) is 0 Å². The molecule has 0 radical (unpaired) electrons. The number of nitrogens with zero attached hydrogens (tertiary/aromatic N) is 2. The minimum atomic E-state index is 1.09. The van der Waals surface area contributed by atoms with Crippen LogP contribution < -0.4 is 9.80 Å². The van der Waals surface area contributed by atoms with E-state index in [1.807, 2.05) is 12.1 Å². The molecule has 0 spiro atoms. The molecule has 48 heavy (non-hydrogen) atoms. The SMILES string of the molecule is C(=Cc1ccc(N(c2ccccc2)c2ccc(N(c3ccccc3)c3ccc(/C=C\c4ccccc4)cc3)cc2)cc1)c1ccccc1. The lowest BCUT2D eigenvalue weighted by Crippen LogP contribution is -2.12. The van der Waals surface area contributed by atoms with Crippen molar-refractivity contribution in [1.82, 2.24) is 0 Å². The average Bonchev–Trinajstić information content (AvgIpc) is 3.17. The number of para-hydroxylation sites is 2. The molecule has 0 unspecified atom stereocenters. The Balaban J connectivity index is 1.18. The number of hydrogen-bond donors (Lipinski definition) is 0. The molecule has 0 saturated carbocycles. The van der Waals surface area contributed by atoms with Crippen molar-refractivity contribution in [3.05, 3.63) is 216 Å². The predicted octanol–water partition coefficient (Wildman–Crippen LogP) is 13.0. The normalized spacial score (nSPS) is 11.2. The number of rotatable bonds is 10. The summed E-state index contributed by atoms with van der Waals surface area (Å²) in [5, 5.41) is 0. The molecule has 0 heterocycles. The van der Waals surface area contributed by atoms with Crippen molar-refractivity contribution >= 4 is 58.4 Å². The molecule has 0 amide bonds. The van der Waals surface area contributed by atoms with Crippen LogP contribution in [0.25, 0.3) is 24.3 Å². The van der Waals surface area contributed by atoms with Gasteiger partial charge in [0.2, 0.25) is 0 Å². The fraction of sp³-hybridized carbons (Fsp3) is 0. The van der Waals surface area contributed by atoms with Crippen molar-refractivity contribution < 1.29 is 0 Å². The molecule has 7 aromatic carbocycles. The van der Waals surface area contributed by atoms with Crippen LogP contribution >= 0.6 is 0 Å². The van der Waals surface area contributed by atoms with Crippen LogP contribution in [0.5, 0.6) is 0 Å². The van der Waals surface area contributed by atoms with E-state index in [4.69, 9.17) is 0 Å². The molecule has 2 nitrogen and oxygen atoms in total. The highest BCUT2D eigenvalue weighted by Crippen LogP contribution is 2.39. The molecule has 0 fully saturated rings. The zero-order valence-electron chi connectivity index (χ0n) is 26.7. The van der Waals surface area contributed by atoms with Gasteiger partial charge < -0.3 is 9.80 Å². The van der Waals surface area contributed by atoms with E-state index in [9.17, 15) is 0 Å². The lowest BCUT2D eigenvalue weighted by molar-refractivity contribution is 1.25. The summed E-state index contributed by atoms with van der Waals surface area (Å²) in [5.74, 6) is 0. The van der Waals surface area contributed by atoms with Crippen molar-refractivity contribution in [1.29, 1.82) is 0 Å². The van der Waals surface area contributed by atoms with E-state index in [1.54, 1.807) is 0 Å². The Labute approximate surface area is 283 Å². The highest BCUT2D eigenvalue weighted by molar-refractivity contribution is 5.82. The smallest absolute Gasteiger partial charge is 0.0463 e. The molecule has 0 N–H and O–H groups in total. The molecule has 7 aromatic rings. The monoisotopic (exact) mass is 616 g/mol. The van der Waals surface area contributed by atoms with E-state index in [1.165, 1.54) is 11.1 Å². The first-order valence-electron chi connectivity index (χ1n) is 16.3. The van der Waals surface area contributed by atoms with Gasteiger partial charge in [0.25, 0.3) is 0 Å². The third-order valence-electron chi connectivity index (χ3n) is 8.23. The Hall–Kier alpha value is -6.38. The molecule has 0 bridgehead atoms. The second kappa shape index (κ2) is 14.8. The summed E-state index contributed by atoms with van der Waals surface area (Å²) in [6, 6.07) is 68.2. The van der Waals surface area contributed by atoms with Crippen LogP contribution in [-0.2, 0) is 0 Å². The van der Waals surface area contributed by atoms with Gasteiger partial charge in [0.05, 0.1) is 0 Å². The molecule has 0 aliphatic heterocycles. The lowest BCUT2D eigenvalue weighted by Gasteiger charge is -2.28. The molecule has 0 aliphatic rings. The third kappa shape index (κ3) is 7.36. The maximum absolute atomic E-state index is 2.30. The first kappa shape index (κ1) is 30.3. The van der Waals surface area contributed by atoms with Crippen molar-refractivity contribution in [2.75, 3.05) is 9.80 Å². The fourth-order valence-corrected chi connectivity index (χ4v) is 5.78. The van der Waals surface area contributed by atoms with Crippen LogP contribution in [0.1, 0.15) is 22.3 Å². The Kier molecular flexibility index (Phi) is 9.34. The van der Waals surface area contributed by atoms with Gasteiger partial charge in [-0.3, -0.25) is 0 Å². The number of anilines is 6. The van der Waals surface area contributed by atoms with E-state index >= 15 is 0 Å². The van der Waals surface area contributed by atoms with Gasteiger partial charge in [-0.2, -0.15) is 0 Å². The summed E-state index contributed by atoms with van der Waals surface area (Å²) in [6.45, 7) is 0. The largest absolute Gasteiger partial charge is 0.311 e. The van der Waals surface area contributed by atoms with Gasteiger partial charge in [0, 0.05) is 34.1 Å². The van der Waals surface area contributed by atoms with Crippen molar-refractivity contribution in [2.24, 2.45) is 0 Å². The summed E-state index contributed by atoms with van der Waals surface area (Å²) in [7, 11) is 0. The summed E-state index contributed by atoms with van der Waals surface area (Å²) in [5.41, 5.74) is 11.3. The van der Waals surface area contributed by atoms with Gasteiger partial charge in [-0.1, -0.05) is 146 Å². The van der Waals surface area contributed by atoms with Gasteiger partial charge in [-0.25, -0.2) is 0 Å². The highest BCUT2D eigenvalue weighted by Gasteiger charge is 2.15. The third-order valence-corrected chi connectivity index (χ3v) is 8.23. The van der Waals surface area contributed by atoms with E-state index in [-0.39, 0.29) is 0 Å². The van der Waals surface area contributed by atoms with Gasteiger partial charge in [-0.15, -0.1) is 0 Å². The zero-order valence-corrected chi connectivity index (χ0v) is 26.7. The average molecular weight is 617 g/mol. The van der Waals surface area contributed by atoms with Gasteiger partial charge in [0.15, 0.2) is 0 Å². The van der Waals surface area contributed by atoms with Crippen LogP contribution in [0.2, 0.25) is 0 Å². The minimum Gasteiger partial charge on any atom is -0.311 e. The molecule has 0 atom stereocenters. The number of benzene rings is 7. The van der Waals surface area contributed by atoms with Crippen LogP contribution in [0, 0.1) is 0 Å². The Morgan fingerprint density at radius 3 is 0.708 bits per heavy atom. The Morgan fingerprint density at radius 2 is 0.417 bits per heavy atom. The highest BCUT2D eigenvalue weighted by atomic mass is 15.2. The molecule has 2 heteroatoms. The maximum atomic E-state index is 2.30. The predicted molar refractivity (Wildman–Crippen MR) is 207 cm³/mol. The molecule has 0 aromatic heterocycles. The van der Waals surface area contributed by atoms with Gasteiger partial charge in [0.1, 0.15) is 0 Å². The van der Waals surface area contributed by atoms with E-state index in [0.29, 0.717) is 0 Å². The fourth-order valence-electron chi connectivity index (χ4n) is 5.78. The first-order chi connectivity index (χ1) is 23.8. The van der Waals surface area contributed by atoms with Crippen LogP contribution in [-0.4, -0.2) is 0 Å². The molecular formula is C46H36N2. The Bertz CT molecular complexity index is 1910. The number of hydrogen-bond acceptors (Lipinski definition) is 2. The van der Waals surface area contributed by atoms with Crippen LogP contribution in [0.3, 0.4) is 0 Å². The summed E-state index contributed by atoms with van der Waals surface area (Å²) in [6.07, 6.45) is 8.61. The Morgan fingerprint density at radius 1 is 0.208 bits per heavy atom. The quantitative estimate of drug-likeness (QED) is 0.141. The molecule has 7 rings (SSSR count). The van der Waals surface area contributed by atoms with E-state index in [2.05, 4.69) is 216 Å². The van der Waals surface area contributed by atoms with E-state index < -0.39 is 0 Å². The summed E-state index contributed by atoms with van der Waals surface area (Å²) < 4.78 is 0. The minimum absolute atomic E-state index is 1.09. The second-order valence-electron chi connectivity index (χ2n) is 11.5. The zero-order chi connectivity index (χ0) is 32.4. The topological polar surface area (TPSA) is 6.48 Å². The van der Waals surface area contributed by atoms with Gasteiger partial charge >= 0.3 is 0 Å². The summed E-state index contributed by atoms with van der Waals surface area (Å²) >= 11 is 0. The molecule has 230 valence electrons. The van der Waals surface area contributed by atoms with E-state index in [0.717, 1.165) is 45.3 Å². The molecule has 0 aliphatic carbocycles. The summed E-state index contributed by atoms with van der Waals surface area (Å²) in [4.78, 5) is 4.60. The second-order valence-corrected chi connectivity index (χ2v) is 11.5. The van der Waals surface area contributed by atoms with Crippen molar-refractivity contribution in [3.63, 3.8) is 0 Å². The van der Waals surface area contributed by atoms with Crippen LogP contribution in [0.4, 0.5) is 34.1 Å². The van der Waals surface area contributed by atoms with Crippen LogP contribution in [0.15, 0.2) is 194 Å². The first-order valence-corrected chi connectivity index (χ1v) is 16.3. The lowest BCUT2D eigenvalue weighted by atomic mass is 10.1. The maximum Gasteiger partial charge on any atom is 0.0463 e. The molecule has 0 saturated heterocycles. The van der Waals surface area contributed by atoms with Crippen molar-refractivity contribution in [3.8, 4) is 0 Å².